The first-order chi connectivity index (χ1) is 13.3. The lowest BCUT2D eigenvalue weighted by Gasteiger charge is -2.18. The van der Waals surface area contributed by atoms with E-state index in [0.717, 1.165) is 28.7 Å². The van der Waals surface area contributed by atoms with E-state index < -0.39 is 5.60 Å². The molecule has 0 radical (unpaired) electrons. The van der Waals surface area contributed by atoms with Crippen LogP contribution in [0.4, 0.5) is 0 Å². The van der Waals surface area contributed by atoms with Crippen molar-refractivity contribution in [2.75, 3.05) is 0 Å². The number of hydrogen-bond acceptors (Lipinski definition) is 4. The van der Waals surface area contributed by atoms with Crippen LogP contribution in [0.2, 0.25) is 0 Å². The highest BCUT2D eigenvalue weighted by atomic mass is 16.3. The molecule has 0 saturated carbocycles. The van der Waals surface area contributed by atoms with Gasteiger partial charge < -0.3 is 10.4 Å². The number of amides is 1. The van der Waals surface area contributed by atoms with E-state index >= 15 is 0 Å². The molecule has 0 aliphatic carbocycles. The molecule has 5 nitrogen and oxygen atoms in total. The molecule has 2 heterocycles. The molecule has 3 aromatic rings. The zero-order valence-electron chi connectivity index (χ0n) is 16.4. The minimum absolute atomic E-state index is 0.00374. The average Bonchev–Trinajstić information content (AvgIpc) is 2.68. The number of pyridine rings is 2. The lowest BCUT2D eigenvalue weighted by Crippen LogP contribution is -2.34. The summed E-state index contributed by atoms with van der Waals surface area (Å²) in [6.07, 6.45) is 7.69. The van der Waals surface area contributed by atoms with Gasteiger partial charge in [0.15, 0.2) is 0 Å². The normalized spacial score (nSPS) is 12.4. The summed E-state index contributed by atoms with van der Waals surface area (Å²) >= 11 is 0. The third kappa shape index (κ3) is 5.02. The zero-order valence-corrected chi connectivity index (χ0v) is 16.4. The largest absolute Gasteiger partial charge is 0.386 e. The number of carbonyl (C=O) groups excluding carboxylic acids is 1. The molecule has 5 heteroatoms. The number of nitrogens with one attached hydrogen (secondary N) is 1. The Morgan fingerprint density at radius 3 is 2.46 bits per heavy atom. The van der Waals surface area contributed by atoms with E-state index in [0.29, 0.717) is 5.56 Å². The van der Waals surface area contributed by atoms with Gasteiger partial charge in [-0.05, 0) is 62.6 Å². The summed E-state index contributed by atoms with van der Waals surface area (Å²) in [5.74, 6) is -0.105. The van der Waals surface area contributed by atoms with Gasteiger partial charge in [0.25, 0.3) is 5.91 Å². The Bertz CT molecular complexity index is 932. The summed E-state index contributed by atoms with van der Waals surface area (Å²) in [6.45, 7) is 5.44. The molecule has 0 bridgehead atoms. The van der Waals surface area contributed by atoms with Gasteiger partial charge in [-0.15, -0.1) is 0 Å². The van der Waals surface area contributed by atoms with Gasteiger partial charge in [-0.3, -0.25) is 14.8 Å². The minimum Gasteiger partial charge on any atom is -0.386 e. The predicted octanol–water partition coefficient (Wildman–Crippen LogP) is 3.73. The Kier molecular flexibility index (Phi) is 5.85. The number of aromatic nitrogens is 2. The van der Waals surface area contributed by atoms with Crippen molar-refractivity contribution in [2.45, 2.75) is 38.8 Å². The van der Waals surface area contributed by atoms with Crippen LogP contribution in [-0.4, -0.2) is 27.0 Å². The second kappa shape index (κ2) is 8.31. The molecule has 0 aliphatic rings. The summed E-state index contributed by atoms with van der Waals surface area (Å²) in [4.78, 5) is 20.8. The number of hydrogen-bond donors (Lipinski definition) is 2. The number of aliphatic hydroxyl groups is 1. The Morgan fingerprint density at radius 2 is 1.82 bits per heavy atom. The molecule has 0 aliphatic heterocycles. The zero-order chi connectivity index (χ0) is 20.1. The standard InChI is InChI=1S/C23H25N3O2/c1-16(11-17-5-4-10-24-13-17)26-22(27)19-8-6-18(7-9-19)20-12-21(15-25-14-20)23(2,3)28/h4-10,12-16,28H,11H2,1-3H3,(H,26,27)/t16-/m1/s1. The first kappa shape index (κ1) is 19.7. The summed E-state index contributed by atoms with van der Waals surface area (Å²) in [7, 11) is 0. The molecule has 1 aromatic carbocycles. The third-order valence-corrected chi connectivity index (χ3v) is 4.57. The van der Waals surface area contributed by atoms with Crippen molar-refractivity contribution in [1.29, 1.82) is 0 Å². The highest BCUT2D eigenvalue weighted by Gasteiger charge is 2.17. The molecule has 2 aromatic heterocycles. The van der Waals surface area contributed by atoms with Crippen LogP contribution in [0.15, 0.2) is 67.3 Å². The van der Waals surface area contributed by atoms with Gasteiger partial charge in [0.2, 0.25) is 0 Å². The number of carbonyl (C=O) groups is 1. The monoisotopic (exact) mass is 375 g/mol. The Labute approximate surface area is 165 Å². The van der Waals surface area contributed by atoms with E-state index in [1.54, 1.807) is 44.6 Å². The van der Waals surface area contributed by atoms with Crippen molar-refractivity contribution >= 4 is 5.91 Å². The predicted molar refractivity (Wildman–Crippen MR) is 110 cm³/mol. The van der Waals surface area contributed by atoms with Crippen molar-refractivity contribution in [3.05, 3.63) is 83.9 Å². The second-order valence-electron chi connectivity index (χ2n) is 7.54. The summed E-state index contributed by atoms with van der Waals surface area (Å²) in [5, 5.41) is 13.2. The molecule has 3 rings (SSSR count). The Balaban J connectivity index is 1.68. The van der Waals surface area contributed by atoms with Crippen LogP contribution in [0, 0.1) is 0 Å². The smallest absolute Gasteiger partial charge is 0.251 e. The molecule has 0 unspecified atom stereocenters. The van der Waals surface area contributed by atoms with E-state index in [9.17, 15) is 9.90 Å². The van der Waals surface area contributed by atoms with Gasteiger partial charge in [0.05, 0.1) is 5.60 Å². The SMILES string of the molecule is C[C@H](Cc1cccnc1)NC(=O)c1ccc(-c2cncc(C(C)(C)O)c2)cc1. The first-order valence-corrected chi connectivity index (χ1v) is 9.31. The summed E-state index contributed by atoms with van der Waals surface area (Å²) in [6, 6.07) is 13.2. The fourth-order valence-corrected chi connectivity index (χ4v) is 2.98. The first-order valence-electron chi connectivity index (χ1n) is 9.31. The lowest BCUT2D eigenvalue weighted by molar-refractivity contribution is 0.0782. The molecule has 28 heavy (non-hydrogen) atoms. The van der Waals surface area contributed by atoms with Crippen LogP contribution in [0.1, 0.15) is 42.3 Å². The number of rotatable bonds is 6. The minimum atomic E-state index is -0.951. The molecule has 0 fully saturated rings. The van der Waals surface area contributed by atoms with Crippen molar-refractivity contribution in [3.8, 4) is 11.1 Å². The van der Waals surface area contributed by atoms with Gasteiger partial charge >= 0.3 is 0 Å². The maximum absolute atomic E-state index is 12.5. The third-order valence-electron chi connectivity index (χ3n) is 4.57. The van der Waals surface area contributed by atoms with Crippen LogP contribution < -0.4 is 5.32 Å². The van der Waals surface area contributed by atoms with Crippen LogP contribution >= 0.6 is 0 Å². The van der Waals surface area contributed by atoms with Gasteiger partial charge in [-0.1, -0.05) is 18.2 Å². The van der Waals surface area contributed by atoms with E-state index in [2.05, 4.69) is 15.3 Å². The van der Waals surface area contributed by atoms with Crippen LogP contribution in [0.5, 0.6) is 0 Å². The maximum atomic E-state index is 12.5. The second-order valence-corrected chi connectivity index (χ2v) is 7.54. The molecule has 2 N–H and O–H groups in total. The fraction of sp³-hybridized carbons (Fsp3) is 0.261. The van der Waals surface area contributed by atoms with Crippen LogP contribution in [0.3, 0.4) is 0 Å². The number of benzene rings is 1. The van der Waals surface area contributed by atoms with Gasteiger partial charge in [0.1, 0.15) is 0 Å². The van der Waals surface area contributed by atoms with E-state index in [1.165, 1.54) is 0 Å². The molecular weight excluding hydrogens is 350 g/mol. The quantitative estimate of drug-likeness (QED) is 0.688. The van der Waals surface area contributed by atoms with E-state index in [1.807, 2.05) is 43.5 Å². The topological polar surface area (TPSA) is 75.1 Å². The maximum Gasteiger partial charge on any atom is 0.251 e. The fourth-order valence-electron chi connectivity index (χ4n) is 2.98. The summed E-state index contributed by atoms with van der Waals surface area (Å²) in [5.41, 5.74) is 3.33. The lowest BCUT2D eigenvalue weighted by atomic mass is 9.96. The Morgan fingerprint density at radius 1 is 1.07 bits per heavy atom. The van der Waals surface area contributed by atoms with Gasteiger partial charge in [0, 0.05) is 47.5 Å². The van der Waals surface area contributed by atoms with Crippen LogP contribution in [0.25, 0.3) is 11.1 Å². The van der Waals surface area contributed by atoms with Crippen molar-refractivity contribution in [3.63, 3.8) is 0 Å². The highest BCUT2D eigenvalue weighted by molar-refractivity contribution is 5.94. The number of nitrogens with zero attached hydrogens (tertiary/aromatic N) is 2. The molecule has 1 amide bonds. The van der Waals surface area contributed by atoms with E-state index in [4.69, 9.17) is 0 Å². The molecule has 144 valence electrons. The van der Waals surface area contributed by atoms with E-state index in [-0.39, 0.29) is 11.9 Å². The van der Waals surface area contributed by atoms with Crippen molar-refractivity contribution in [2.24, 2.45) is 0 Å². The molecule has 0 spiro atoms. The van der Waals surface area contributed by atoms with Crippen molar-refractivity contribution < 1.29 is 9.90 Å². The molecule has 0 saturated heterocycles. The van der Waals surface area contributed by atoms with Crippen LogP contribution in [-0.2, 0) is 12.0 Å². The van der Waals surface area contributed by atoms with Gasteiger partial charge in [-0.2, -0.15) is 0 Å². The highest BCUT2D eigenvalue weighted by Crippen LogP contribution is 2.25. The van der Waals surface area contributed by atoms with Gasteiger partial charge in [-0.25, -0.2) is 0 Å². The summed E-state index contributed by atoms with van der Waals surface area (Å²) < 4.78 is 0. The Hall–Kier alpha value is -3.05. The molecule has 1 atom stereocenters. The average molecular weight is 375 g/mol. The van der Waals surface area contributed by atoms with Crippen molar-refractivity contribution in [1.82, 2.24) is 15.3 Å². The molecular formula is C23H25N3O2.